The van der Waals surface area contributed by atoms with Crippen LogP contribution in [0, 0.1) is 5.41 Å². The average Bonchev–Trinajstić information content (AvgIpc) is 2.84. The largest absolute Gasteiger partial charge is 0.288 e. The number of rotatable bonds is 1. The molecule has 0 amide bonds. The fraction of sp³-hybridized carbons (Fsp3) is 0.400. The molecule has 1 aliphatic carbocycles. The van der Waals surface area contributed by atoms with Gasteiger partial charge in [-0.1, -0.05) is 37.6 Å². The van der Waals surface area contributed by atoms with E-state index in [1.807, 2.05) is 12.1 Å². The van der Waals surface area contributed by atoms with E-state index in [4.69, 9.17) is 11.6 Å². The molecule has 0 aromatic heterocycles. The van der Waals surface area contributed by atoms with Crippen molar-refractivity contribution < 1.29 is 0 Å². The maximum absolute atomic E-state index is 5.95. The van der Waals surface area contributed by atoms with Crippen LogP contribution < -0.4 is 0 Å². The van der Waals surface area contributed by atoms with Crippen LogP contribution in [0.1, 0.15) is 31.7 Å². The lowest BCUT2D eigenvalue weighted by molar-refractivity contribution is 0.419. The van der Waals surface area contributed by atoms with Crippen LogP contribution in [0.25, 0.3) is 0 Å². The maximum atomic E-state index is 5.95. The van der Waals surface area contributed by atoms with Gasteiger partial charge >= 0.3 is 0 Å². The van der Waals surface area contributed by atoms with Crippen molar-refractivity contribution >= 4 is 17.8 Å². The Kier molecular flexibility index (Phi) is 2.41. The van der Waals surface area contributed by atoms with Gasteiger partial charge in [-0.2, -0.15) is 0 Å². The molecule has 1 unspecified atom stereocenters. The Morgan fingerprint density at radius 3 is 2.65 bits per heavy atom. The molecule has 3 rings (SSSR count). The zero-order chi connectivity index (χ0) is 12.0. The third-order valence-corrected chi connectivity index (χ3v) is 4.26. The number of hydrogen-bond donors (Lipinski definition) is 0. The van der Waals surface area contributed by atoms with Crippen molar-refractivity contribution in [2.75, 3.05) is 6.54 Å². The van der Waals surface area contributed by atoms with E-state index in [2.05, 4.69) is 37.2 Å². The summed E-state index contributed by atoms with van der Waals surface area (Å²) < 4.78 is 0. The number of nitrogens with zero attached hydrogens (tertiary/aromatic N) is 1. The normalized spacial score (nSPS) is 25.5. The van der Waals surface area contributed by atoms with Crippen LogP contribution in [0.5, 0.6) is 0 Å². The Morgan fingerprint density at radius 2 is 1.94 bits per heavy atom. The molecule has 1 aromatic rings. The van der Waals surface area contributed by atoms with E-state index in [-0.39, 0.29) is 5.41 Å². The number of hydrogen-bond acceptors (Lipinski definition) is 1. The zero-order valence-corrected chi connectivity index (χ0v) is 11.0. The molecule has 0 saturated heterocycles. The molecule has 17 heavy (non-hydrogen) atoms. The van der Waals surface area contributed by atoms with Crippen LogP contribution in [0.2, 0.25) is 5.02 Å². The quantitative estimate of drug-likeness (QED) is 0.702. The first kappa shape index (κ1) is 11.0. The van der Waals surface area contributed by atoms with Gasteiger partial charge in [0.15, 0.2) is 0 Å². The molecule has 1 nitrogen and oxygen atoms in total. The first-order chi connectivity index (χ1) is 8.08. The molecular formula is C15H16ClN. The molecule has 0 bridgehead atoms. The van der Waals surface area contributed by atoms with Crippen LogP contribution in [-0.4, -0.2) is 12.8 Å². The van der Waals surface area contributed by atoms with E-state index < -0.39 is 0 Å². The molecule has 0 saturated carbocycles. The highest BCUT2D eigenvalue weighted by molar-refractivity contribution is 6.30. The first-order valence-electron chi connectivity index (χ1n) is 6.07. The summed E-state index contributed by atoms with van der Waals surface area (Å²) in [5, 5.41) is 0.806. The molecule has 88 valence electrons. The van der Waals surface area contributed by atoms with E-state index >= 15 is 0 Å². The fourth-order valence-electron chi connectivity index (χ4n) is 3.05. The van der Waals surface area contributed by atoms with Crippen LogP contribution in [0.4, 0.5) is 0 Å². The lowest BCUT2D eigenvalue weighted by atomic mass is 9.83. The van der Waals surface area contributed by atoms with Gasteiger partial charge in [-0.25, -0.2) is 0 Å². The second-order valence-corrected chi connectivity index (χ2v) is 6.03. The second kappa shape index (κ2) is 3.71. The minimum Gasteiger partial charge on any atom is -0.288 e. The van der Waals surface area contributed by atoms with Crippen LogP contribution in [0.15, 0.2) is 40.4 Å². The summed E-state index contributed by atoms with van der Waals surface area (Å²) >= 11 is 5.95. The SMILES string of the molecule is CC1(C)CC(c2ccc(Cl)cc2)C2=C1CN=C2. The van der Waals surface area contributed by atoms with E-state index in [0.29, 0.717) is 5.92 Å². The van der Waals surface area contributed by atoms with Crippen LogP contribution in [-0.2, 0) is 0 Å². The molecule has 1 atom stereocenters. The highest BCUT2D eigenvalue weighted by atomic mass is 35.5. The first-order valence-corrected chi connectivity index (χ1v) is 6.44. The summed E-state index contributed by atoms with van der Waals surface area (Å²) in [6, 6.07) is 8.25. The van der Waals surface area contributed by atoms with E-state index in [9.17, 15) is 0 Å². The second-order valence-electron chi connectivity index (χ2n) is 5.60. The summed E-state index contributed by atoms with van der Waals surface area (Å²) in [6.45, 7) is 5.55. The van der Waals surface area contributed by atoms with Gasteiger partial charge in [0.1, 0.15) is 0 Å². The minimum absolute atomic E-state index is 0.288. The van der Waals surface area contributed by atoms with Gasteiger partial charge in [-0.3, -0.25) is 4.99 Å². The molecule has 2 heteroatoms. The number of benzene rings is 1. The highest BCUT2D eigenvalue weighted by Gasteiger charge is 2.40. The van der Waals surface area contributed by atoms with Gasteiger partial charge in [-0.15, -0.1) is 0 Å². The standard InChI is InChI=1S/C15H16ClN/c1-15(2)7-12(13-8-17-9-14(13)15)10-3-5-11(16)6-4-10/h3-6,8,12H,7,9H2,1-2H3. The summed E-state index contributed by atoms with van der Waals surface area (Å²) in [6.07, 6.45) is 3.26. The number of aliphatic imine (C=N–C) groups is 1. The predicted octanol–water partition coefficient (Wildman–Crippen LogP) is 4.23. The zero-order valence-electron chi connectivity index (χ0n) is 10.2. The maximum Gasteiger partial charge on any atom is 0.0611 e. The van der Waals surface area contributed by atoms with Crippen molar-refractivity contribution in [2.45, 2.75) is 26.2 Å². The van der Waals surface area contributed by atoms with Gasteiger partial charge in [0.2, 0.25) is 0 Å². The lowest BCUT2D eigenvalue weighted by Crippen LogP contribution is -2.12. The van der Waals surface area contributed by atoms with E-state index in [0.717, 1.165) is 11.6 Å². The molecule has 0 N–H and O–H groups in total. The molecule has 1 aromatic carbocycles. The predicted molar refractivity (Wildman–Crippen MR) is 73.0 cm³/mol. The fourth-order valence-corrected chi connectivity index (χ4v) is 3.17. The third kappa shape index (κ3) is 1.73. The molecule has 2 aliphatic rings. The van der Waals surface area contributed by atoms with Crippen molar-refractivity contribution in [1.82, 2.24) is 0 Å². The summed E-state index contributed by atoms with van der Waals surface area (Å²) in [7, 11) is 0. The van der Waals surface area contributed by atoms with E-state index in [1.165, 1.54) is 23.1 Å². The monoisotopic (exact) mass is 245 g/mol. The van der Waals surface area contributed by atoms with Gasteiger partial charge in [0.25, 0.3) is 0 Å². The van der Waals surface area contributed by atoms with Gasteiger partial charge in [0, 0.05) is 17.2 Å². The molecule has 0 spiro atoms. The van der Waals surface area contributed by atoms with Crippen molar-refractivity contribution in [1.29, 1.82) is 0 Å². The van der Waals surface area contributed by atoms with Crippen molar-refractivity contribution in [2.24, 2.45) is 10.4 Å². The Morgan fingerprint density at radius 1 is 1.24 bits per heavy atom. The molecular weight excluding hydrogens is 230 g/mol. The van der Waals surface area contributed by atoms with Crippen LogP contribution >= 0.6 is 11.6 Å². The molecule has 0 radical (unpaired) electrons. The Hall–Kier alpha value is -1.08. The summed E-state index contributed by atoms with van der Waals surface area (Å²) in [5.41, 5.74) is 4.62. The Labute approximate surface area is 107 Å². The smallest absolute Gasteiger partial charge is 0.0611 e. The molecule has 1 heterocycles. The van der Waals surface area contributed by atoms with E-state index in [1.54, 1.807) is 0 Å². The van der Waals surface area contributed by atoms with Gasteiger partial charge in [-0.05, 0) is 40.7 Å². The average molecular weight is 246 g/mol. The third-order valence-electron chi connectivity index (χ3n) is 4.01. The number of halogens is 1. The van der Waals surface area contributed by atoms with Crippen molar-refractivity contribution in [3.8, 4) is 0 Å². The lowest BCUT2D eigenvalue weighted by Gasteiger charge is -2.22. The number of allylic oxidation sites excluding steroid dienone is 1. The summed E-state index contributed by atoms with van der Waals surface area (Å²) in [5.74, 6) is 0.503. The van der Waals surface area contributed by atoms with Crippen molar-refractivity contribution in [3.05, 3.63) is 46.0 Å². The Balaban J connectivity index is 2.01. The Bertz CT molecular complexity index is 508. The molecule has 1 aliphatic heterocycles. The van der Waals surface area contributed by atoms with Crippen molar-refractivity contribution in [3.63, 3.8) is 0 Å². The summed E-state index contributed by atoms with van der Waals surface area (Å²) in [4.78, 5) is 4.43. The van der Waals surface area contributed by atoms with Gasteiger partial charge < -0.3 is 0 Å². The highest BCUT2D eigenvalue weighted by Crippen LogP contribution is 2.51. The topological polar surface area (TPSA) is 12.4 Å². The van der Waals surface area contributed by atoms with Crippen LogP contribution in [0.3, 0.4) is 0 Å². The molecule has 0 fully saturated rings. The minimum atomic E-state index is 0.288. The van der Waals surface area contributed by atoms with Gasteiger partial charge in [0.05, 0.1) is 6.54 Å².